The van der Waals surface area contributed by atoms with E-state index in [2.05, 4.69) is 25.9 Å². The molecule has 18 heavy (non-hydrogen) atoms. The third kappa shape index (κ3) is 3.43. The van der Waals surface area contributed by atoms with E-state index in [9.17, 15) is 0 Å². The standard InChI is InChI=1S/C13H12BrClN2O/c1-8(2)13-16-11(15)7-12(17-13)18-10-5-3-4-9(14)6-10/h3-8H,1-2H3. The molecule has 0 saturated heterocycles. The molecule has 0 fully saturated rings. The Morgan fingerprint density at radius 1 is 1.22 bits per heavy atom. The fourth-order valence-electron chi connectivity index (χ4n) is 1.38. The predicted molar refractivity (Wildman–Crippen MR) is 75.3 cm³/mol. The Bertz CT molecular complexity index is 560. The Hall–Kier alpha value is -1.13. The zero-order valence-corrected chi connectivity index (χ0v) is 12.4. The van der Waals surface area contributed by atoms with Gasteiger partial charge in [-0.25, -0.2) is 4.98 Å². The molecule has 2 rings (SSSR count). The van der Waals surface area contributed by atoms with Gasteiger partial charge in [-0.2, -0.15) is 4.98 Å². The van der Waals surface area contributed by atoms with E-state index in [1.807, 2.05) is 38.1 Å². The SMILES string of the molecule is CC(C)c1nc(Cl)cc(Oc2cccc(Br)c2)n1. The first kappa shape index (κ1) is 13.3. The molecule has 0 radical (unpaired) electrons. The number of halogens is 2. The quantitative estimate of drug-likeness (QED) is 0.759. The lowest BCUT2D eigenvalue weighted by Gasteiger charge is -2.08. The molecule has 0 bridgehead atoms. The van der Waals surface area contributed by atoms with E-state index in [-0.39, 0.29) is 5.92 Å². The van der Waals surface area contributed by atoms with Crippen molar-refractivity contribution in [3.63, 3.8) is 0 Å². The second-order valence-electron chi connectivity index (χ2n) is 4.10. The molecule has 0 N–H and O–H groups in total. The minimum absolute atomic E-state index is 0.202. The van der Waals surface area contributed by atoms with Gasteiger partial charge in [0.05, 0.1) is 0 Å². The summed E-state index contributed by atoms with van der Waals surface area (Å²) in [6.07, 6.45) is 0. The molecule has 1 aromatic carbocycles. The van der Waals surface area contributed by atoms with Crippen LogP contribution in [0.15, 0.2) is 34.8 Å². The lowest BCUT2D eigenvalue weighted by Crippen LogP contribution is -1.99. The van der Waals surface area contributed by atoms with Crippen LogP contribution in [0.25, 0.3) is 0 Å². The van der Waals surface area contributed by atoms with E-state index in [1.165, 1.54) is 0 Å². The van der Waals surface area contributed by atoms with Gasteiger partial charge in [-0.3, -0.25) is 0 Å². The Morgan fingerprint density at radius 2 is 2.00 bits per heavy atom. The van der Waals surface area contributed by atoms with Crippen LogP contribution in [-0.4, -0.2) is 9.97 Å². The Morgan fingerprint density at radius 3 is 2.67 bits per heavy atom. The first-order chi connectivity index (χ1) is 8.54. The summed E-state index contributed by atoms with van der Waals surface area (Å²) in [4.78, 5) is 8.48. The molecule has 0 spiro atoms. The summed E-state index contributed by atoms with van der Waals surface area (Å²) < 4.78 is 6.61. The van der Waals surface area contributed by atoms with E-state index in [4.69, 9.17) is 16.3 Å². The van der Waals surface area contributed by atoms with Crippen LogP contribution in [0.3, 0.4) is 0 Å². The maximum absolute atomic E-state index is 5.95. The molecule has 0 aliphatic rings. The summed E-state index contributed by atoms with van der Waals surface area (Å²) in [5, 5.41) is 0.388. The number of nitrogens with zero attached hydrogens (tertiary/aromatic N) is 2. The summed E-state index contributed by atoms with van der Waals surface area (Å²) in [5.41, 5.74) is 0. The van der Waals surface area contributed by atoms with Crippen molar-refractivity contribution in [3.05, 3.63) is 45.8 Å². The summed E-state index contributed by atoms with van der Waals surface area (Å²) in [6.45, 7) is 4.02. The largest absolute Gasteiger partial charge is 0.439 e. The summed E-state index contributed by atoms with van der Waals surface area (Å²) >= 11 is 9.34. The van der Waals surface area contributed by atoms with Gasteiger partial charge in [0.25, 0.3) is 0 Å². The maximum atomic E-state index is 5.95. The van der Waals surface area contributed by atoms with Crippen molar-refractivity contribution in [1.29, 1.82) is 0 Å². The number of rotatable bonds is 3. The highest BCUT2D eigenvalue weighted by molar-refractivity contribution is 9.10. The van der Waals surface area contributed by atoms with Gasteiger partial charge in [0, 0.05) is 16.5 Å². The van der Waals surface area contributed by atoms with Crippen LogP contribution >= 0.6 is 27.5 Å². The van der Waals surface area contributed by atoms with Crippen LogP contribution in [0.2, 0.25) is 5.15 Å². The fourth-order valence-corrected chi connectivity index (χ4v) is 1.93. The molecule has 5 heteroatoms. The molecule has 0 aliphatic carbocycles. The smallest absolute Gasteiger partial charge is 0.224 e. The molecule has 2 aromatic rings. The van der Waals surface area contributed by atoms with Crippen molar-refractivity contribution in [2.24, 2.45) is 0 Å². The molecule has 94 valence electrons. The first-order valence-corrected chi connectivity index (χ1v) is 6.69. The minimum atomic E-state index is 0.202. The second-order valence-corrected chi connectivity index (χ2v) is 5.40. The van der Waals surface area contributed by atoms with Crippen molar-refractivity contribution < 1.29 is 4.74 Å². The van der Waals surface area contributed by atoms with Crippen LogP contribution < -0.4 is 4.74 Å². The van der Waals surface area contributed by atoms with E-state index >= 15 is 0 Å². The van der Waals surface area contributed by atoms with Gasteiger partial charge in [0.15, 0.2) is 0 Å². The zero-order chi connectivity index (χ0) is 13.1. The van der Waals surface area contributed by atoms with Crippen molar-refractivity contribution in [1.82, 2.24) is 9.97 Å². The van der Waals surface area contributed by atoms with Crippen molar-refractivity contribution >= 4 is 27.5 Å². The Balaban J connectivity index is 2.29. The van der Waals surface area contributed by atoms with Crippen LogP contribution in [0.1, 0.15) is 25.6 Å². The molecular formula is C13H12BrClN2O. The number of benzene rings is 1. The molecule has 0 amide bonds. The Kier molecular flexibility index (Phi) is 4.19. The predicted octanol–water partition coefficient (Wildman–Crippen LogP) is 4.81. The summed E-state index contributed by atoms with van der Waals surface area (Å²) in [6, 6.07) is 9.15. The molecule has 1 heterocycles. The highest BCUT2D eigenvalue weighted by atomic mass is 79.9. The van der Waals surface area contributed by atoms with Gasteiger partial charge in [0.1, 0.15) is 16.7 Å². The second kappa shape index (κ2) is 5.67. The fraction of sp³-hybridized carbons (Fsp3) is 0.231. The third-order valence-corrected chi connectivity index (χ3v) is 2.91. The van der Waals surface area contributed by atoms with E-state index < -0.39 is 0 Å². The molecule has 0 saturated carbocycles. The molecule has 0 aliphatic heterocycles. The average Bonchev–Trinajstić information content (AvgIpc) is 2.28. The van der Waals surface area contributed by atoms with Crippen molar-refractivity contribution in [3.8, 4) is 11.6 Å². The highest BCUT2D eigenvalue weighted by Crippen LogP contribution is 2.25. The molecule has 0 unspecified atom stereocenters. The molecule has 0 atom stereocenters. The minimum Gasteiger partial charge on any atom is -0.439 e. The zero-order valence-electron chi connectivity index (χ0n) is 10.0. The number of ether oxygens (including phenoxy) is 1. The Labute approximate surface area is 119 Å². The highest BCUT2D eigenvalue weighted by Gasteiger charge is 2.08. The molecular weight excluding hydrogens is 316 g/mol. The van der Waals surface area contributed by atoms with E-state index in [0.717, 1.165) is 4.47 Å². The molecule has 3 nitrogen and oxygen atoms in total. The average molecular weight is 328 g/mol. The lowest BCUT2D eigenvalue weighted by molar-refractivity contribution is 0.456. The number of aromatic nitrogens is 2. The van der Waals surface area contributed by atoms with Crippen LogP contribution in [0.5, 0.6) is 11.6 Å². The van der Waals surface area contributed by atoms with Crippen LogP contribution in [-0.2, 0) is 0 Å². The summed E-state index contributed by atoms with van der Waals surface area (Å²) in [5.74, 6) is 2.03. The van der Waals surface area contributed by atoms with E-state index in [1.54, 1.807) is 6.07 Å². The number of hydrogen-bond acceptors (Lipinski definition) is 3. The number of hydrogen-bond donors (Lipinski definition) is 0. The topological polar surface area (TPSA) is 35.0 Å². The molecule has 1 aromatic heterocycles. The lowest BCUT2D eigenvalue weighted by atomic mass is 10.2. The van der Waals surface area contributed by atoms with Crippen LogP contribution in [0, 0.1) is 0 Å². The van der Waals surface area contributed by atoms with Crippen molar-refractivity contribution in [2.75, 3.05) is 0 Å². The first-order valence-electron chi connectivity index (χ1n) is 5.52. The summed E-state index contributed by atoms with van der Waals surface area (Å²) in [7, 11) is 0. The van der Waals surface area contributed by atoms with Gasteiger partial charge in [0.2, 0.25) is 5.88 Å². The maximum Gasteiger partial charge on any atom is 0.224 e. The normalized spacial score (nSPS) is 10.7. The van der Waals surface area contributed by atoms with Gasteiger partial charge >= 0.3 is 0 Å². The van der Waals surface area contributed by atoms with E-state index in [0.29, 0.717) is 22.6 Å². The monoisotopic (exact) mass is 326 g/mol. The van der Waals surface area contributed by atoms with Gasteiger partial charge in [-0.05, 0) is 18.2 Å². The van der Waals surface area contributed by atoms with Gasteiger partial charge < -0.3 is 4.74 Å². The van der Waals surface area contributed by atoms with Crippen molar-refractivity contribution in [2.45, 2.75) is 19.8 Å². The van der Waals surface area contributed by atoms with Gasteiger partial charge in [-0.15, -0.1) is 0 Å². The van der Waals surface area contributed by atoms with Crippen LogP contribution in [0.4, 0.5) is 0 Å². The third-order valence-electron chi connectivity index (χ3n) is 2.22. The van der Waals surface area contributed by atoms with Gasteiger partial charge in [-0.1, -0.05) is 47.4 Å².